The van der Waals surface area contributed by atoms with E-state index in [0.29, 0.717) is 5.75 Å². The Balaban J connectivity index is 2.25. The van der Waals surface area contributed by atoms with Gasteiger partial charge < -0.3 is 9.15 Å². The topological polar surface area (TPSA) is 39.4 Å². The highest BCUT2D eigenvalue weighted by molar-refractivity contribution is 5.80. The van der Waals surface area contributed by atoms with Gasteiger partial charge in [0.2, 0.25) is 0 Å². The van der Waals surface area contributed by atoms with Gasteiger partial charge in [-0.05, 0) is 18.2 Å². The van der Waals surface area contributed by atoms with Crippen LogP contribution in [0.2, 0.25) is 0 Å². The lowest BCUT2D eigenvalue weighted by Crippen LogP contribution is -2.14. The number of benzene rings is 1. The van der Waals surface area contributed by atoms with Gasteiger partial charge in [-0.3, -0.25) is 4.79 Å². The molecule has 1 aromatic carbocycles. The van der Waals surface area contributed by atoms with Crippen molar-refractivity contribution in [1.29, 1.82) is 0 Å². The van der Waals surface area contributed by atoms with Crippen molar-refractivity contribution in [2.45, 2.75) is 13.8 Å². The fraction of sp³-hybridized carbons (Fsp3) is 0.250. The molecule has 3 heteroatoms. The third kappa shape index (κ3) is 2.01. The standard InChI is InChI=1S/C12H12O3/c1-8(2)12(13)15-10-4-3-9-5-6-14-11(9)7-10/h3-8H,1-2H3. The fourth-order valence-corrected chi connectivity index (χ4v) is 1.23. The van der Waals surface area contributed by atoms with Crippen LogP contribution < -0.4 is 4.74 Å². The van der Waals surface area contributed by atoms with Crippen molar-refractivity contribution < 1.29 is 13.9 Å². The van der Waals surface area contributed by atoms with Crippen LogP contribution in [0.1, 0.15) is 13.8 Å². The summed E-state index contributed by atoms with van der Waals surface area (Å²) in [6.45, 7) is 3.60. The molecule has 0 unspecified atom stereocenters. The van der Waals surface area contributed by atoms with E-state index >= 15 is 0 Å². The molecule has 0 bridgehead atoms. The van der Waals surface area contributed by atoms with Gasteiger partial charge in [0.15, 0.2) is 0 Å². The maximum Gasteiger partial charge on any atom is 0.313 e. The first-order valence-corrected chi connectivity index (χ1v) is 4.86. The van der Waals surface area contributed by atoms with Crippen LogP contribution in [0.4, 0.5) is 0 Å². The number of furan rings is 1. The van der Waals surface area contributed by atoms with Crippen molar-refractivity contribution >= 4 is 16.9 Å². The lowest BCUT2D eigenvalue weighted by molar-refractivity contribution is -0.137. The first-order chi connectivity index (χ1) is 7.16. The van der Waals surface area contributed by atoms with Crippen LogP contribution in [0.3, 0.4) is 0 Å². The maximum absolute atomic E-state index is 11.3. The molecule has 0 aliphatic heterocycles. The van der Waals surface area contributed by atoms with Crippen molar-refractivity contribution in [3.8, 4) is 5.75 Å². The summed E-state index contributed by atoms with van der Waals surface area (Å²) in [7, 11) is 0. The molecule has 2 rings (SSSR count). The molecule has 15 heavy (non-hydrogen) atoms. The molecule has 3 nitrogen and oxygen atoms in total. The van der Waals surface area contributed by atoms with Crippen LogP contribution in [-0.2, 0) is 4.79 Å². The summed E-state index contributed by atoms with van der Waals surface area (Å²) in [5.41, 5.74) is 0.726. The maximum atomic E-state index is 11.3. The molecule has 0 saturated heterocycles. The SMILES string of the molecule is CC(C)C(=O)Oc1ccc2ccoc2c1. The van der Waals surface area contributed by atoms with Crippen LogP contribution in [0.15, 0.2) is 34.9 Å². The van der Waals surface area contributed by atoms with Crippen molar-refractivity contribution in [2.24, 2.45) is 5.92 Å². The summed E-state index contributed by atoms with van der Waals surface area (Å²) >= 11 is 0. The van der Waals surface area contributed by atoms with E-state index in [1.807, 2.05) is 12.1 Å². The lowest BCUT2D eigenvalue weighted by Gasteiger charge is -2.05. The number of esters is 1. The monoisotopic (exact) mass is 204 g/mol. The molecule has 0 saturated carbocycles. The third-order valence-electron chi connectivity index (χ3n) is 2.12. The molecule has 2 aromatic rings. The zero-order valence-corrected chi connectivity index (χ0v) is 8.69. The van der Waals surface area contributed by atoms with Crippen LogP contribution in [0.25, 0.3) is 11.0 Å². The molecule has 0 fully saturated rings. The molecular formula is C12H12O3. The molecule has 0 spiro atoms. The van der Waals surface area contributed by atoms with Crippen LogP contribution >= 0.6 is 0 Å². The number of hydrogen-bond donors (Lipinski definition) is 0. The van der Waals surface area contributed by atoms with Gasteiger partial charge in [-0.1, -0.05) is 13.8 Å². The first-order valence-electron chi connectivity index (χ1n) is 4.86. The highest BCUT2D eigenvalue weighted by Crippen LogP contribution is 2.22. The number of carbonyl (C=O) groups excluding carboxylic acids is 1. The minimum Gasteiger partial charge on any atom is -0.464 e. The van der Waals surface area contributed by atoms with E-state index < -0.39 is 0 Å². The van der Waals surface area contributed by atoms with E-state index in [1.165, 1.54) is 0 Å². The Morgan fingerprint density at radius 3 is 2.87 bits per heavy atom. The second-order valence-electron chi connectivity index (χ2n) is 3.70. The van der Waals surface area contributed by atoms with Crippen LogP contribution in [0.5, 0.6) is 5.75 Å². The van der Waals surface area contributed by atoms with Gasteiger partial charge >= 0.3 is 5.97 Å². The highest BCUT2D eigenvalue weighted by atomic mass is 16.5. The average Bonchev–Trinajstić information content (AvgIpc) is 2.64. The Labute approximate surface area is 87.6 Å². The van der Waals surface area contributed by atoms with E-state index in [2.05, 4.69) is 0 Å². The summed E-state index contributed by atoms with van der Waals surface area (Å²) in [5, 5.41) is 0.999. The normalized spacial score (nSPS) is 10.9. The molecule has 0 aliphatic carbocycles. The van der Waals surface area contributed by atoms with E-state index in [-0.39, 0.29) is 11.9 Å². The second kappa shape index (κ2) is 3.77. The lowest BCUT2D eigenvalue weighted by atomic mass is 10.2. The number of ether oxygens (including phenoxy) is 1. The molecule has 78 valence electrons. The minimum atomic E-state index is -0.235. The van der Waals surface area contributed by atoms with Crippen LogP contribution in [-0.4, -0.2) is 5.97 Å². The van der Waals surface area contributed by atoms with Gasteiger partial charge in [-0.15, -0.1) is 0 Å². The Morgan fingerprint density at radius 2 is 2.13 bits per heavy atom. The Bertz CT molecular complexity index is 482. The molecule has 0 aliphatic rings. The van der Waals surface area contributed by atoms with Gasteiger partial charge in [0, 0.05) is 11.5 Å². The van der Waals surface area contributed by atoms with Crippen molar-refractivity contribution in [1.82, 2.24) is 0 Å². The molecule has 1 aromatic heterocycles. The first kappa shape index (κ1) is 9.77. The number of rotatable bonds is 2. The van der Waals surface area contributed by atoms with Gasteiger partial charge in [-0.2, -0.15) is 0 Å². The number of carbonyl (C=O) groups is 1. The average molecular weight is 204 g/mol. The Morgan fingerprint density at radius 1 is 1.33 bits per heavy atom. The van der Waals surface area contributed by atoms with E-state index in [0.717, 1.165) is 11.0 Å². The van der Waals surface area contributed by atoms with Gasteiger partial charge in [0.05, 0.1) is 12.2 Å². The third-order valence-corrected chi connectivity index (χ3v) is 2.12. The number of hydrogen-bond acceptors (Lipinski definition) is 3. The van der Waals surface area contributed by atoms with Gasteiger partial charge in [-0.25, -0.2) is 0 Å². The summed E-state index contributed by atoms with van der Waals surface area (Å²) in [5.74, 6) is 0.161. The van der Waals surface area contributed by atoms with Gasteiger partial charge in [0.1, 0.15) is 11.3 Å². The fourth-order valence-electron chi connectivity index (χ4n) is 1.23. The summed E-state index contributed by atoms with van der Waals surface area (Å²) < 4.78 is 10.4. The molecule has 0 radical (unpaired) electrons. The quantitative estimate of drug-likeness (QED) is 0.557. The van der Waals surface area contributed by atoms with Crippen molar-refractivity contribution in [3.05, 3.63) is 30.5 Å². The summed E-state index contributed by atoms with van der Waals surface area (Å²) in [6, 6.07) is 7.21. The van der Waals surface area contributed by atoms with E-state index in [4.69, 9.17) is 9.15 Å². The van der Waals surface area contributed by atoms with Crippen molar-refractivity contribution in [2.75, 3.05) is 0 Å². The minimum absolute atomic E-state index is 0.128. The molecule has 0 amide bonds. The summed E-state index contributed by atoms with van der Waals surface area (Å²) in [4.78, 5) is 11.3. The Kier molecular flexibility index (Phi) is 2.46. The highest BCUT2D eigenvalue weighted by Gasteiger charge is 2.10. The van der Waals surface area contributed by atoms with E-state index in [9.17, 15) is 4.79 Å². The Hall–Kier alpha value is -1.77. The largest absolute Gasteiger partial charge is 0.464 e. The smallest absolute Gasteiger partial charge is 0.313 e. The second-order valence-corrected chi connectivity index (χ2v) is 3.70. The van der Waals surface area contributed by atoms with E-state index in [1.54, 1.807) is 32.2 Å². The predicted molar refractivity (Wildman–Crippen MR) is 56.7 cm³/mol. The van der Waals surface area contributed by atoms with Crippen LogP contribution in [0, 0.1) is 5.92 Å². The molecule has 0 N–H and O–H groups in total. The zero-order chi connectivity index (χ0) is 10.8. The molecule has 0 atom stereocenters. The molecule has 1 heterocycles. The predicted octanol–water partition coefficient (Wildman–Crippen LogP) is 2.99. The molecular weight excluding hydrogens is 192 g/mol. The zero-order valence-electron chi connectivity index (χ0n) is 8.69. The number of fused-ring (bicyclic) bond motifs is 1. The van der Waals surface area contributed by atoms with Crippen molar-refractivity contribution in [3.63, 3.8) is 0 Å². The van der Waals surface area contributed by atoms with Gasteiger partial charge in [0.25, 0.3) is 0 Å². The summed E-state index contributed by atoms with van der Waals surface area (Å²) in [6.07, 6.45) is 1.61.